The second-order valence-electron chi connectivity index (χ2n) is 6.02. The molecular weight excluding hydrogens is 272 g/mol. The molecule has 0 heterocycles. The van der Waals surface area contributed by atoms with E-state index in [0.717, 1.165) is 11.5 Å². The standard InChI is InChI=1S/C17H25F2NO/c1-12(14-6-4-3-5-7-14)20-13(2)15-8-10-16(11-9-15)21-17(18)19/h8-14,17,20H,3-7H2,1-2H3. The fraction of sp³-hybridized carbons (Fsp3) is 0.647. The van der Waals surface area contributed by atoms with Gasteiger partial charge in [0.25, 0.3) is 0 Å². The third kappa shape index (κ3) is 4.95. The Balaban J connectivity index is 1.88. The molecule has 1 saturated carbocycles. The van der Waals surface area contributed by atoms with Gasteiger partial charge in [-0.3, -0.25) is 0 Å². The SMILES string of the molecule is CC(NC(C)C1CCCCC1)c1ccc(OC(F)F)cc1. The maximum absolute atomic E-state index is 12.1. The molecule has 118 valence electrons. The summed E-state index contributed by atoms with van der Waals surface area (Å²) >= 11 is 0. The van der Waals surface area contributed by atoms with E-state index in [2.05, 4.69) is 23.9 Å². The van der Waals surface area contributed by atoms with E-state index >= 15 is 0 Å². The van der Waals surface area contributed by atoms with Gasteiger partial charge in [0.1, 0.15) is 5.75 Å². The lowest BCUT2D eigenvalue weighted by molar-refractivity contribution is -0.0498. The van der Waals surface area contributed by atoms with Gasteiger partial charge in [-0.2, -0.15) is 8.78 Å². The average molecular weight is 297 g/mol. The van der Waals surface area contributed by atoms with Crippen LogP contribution in [-0.2, 0) is 0 Å². The largest absolute Gasteiger partial charge is 0.435 e. The van der Waals surface area contributed by atoms with Crippen LogP contribution in [0.4, 0.5) is 8.78 Å². The highest BCUT2D eigenvalue weighted by Gasteiger charge is 2.21. The van der Waals surface area contributed by atoms with Crippen LogP contribution in [0.2, 0.25) is 0 Å². The zero-order valence-corrected chi connectivity index (χ0v) is 12.8. The summed E-state index contributed by atoms with van der Waals surface area (Å²) in [6.07, 6.45) is 6.66. The molecule has 2 rings (SSSR count). The minimum Gasteiger partial charge on any atom is -0.435 e. The highest BCUT2D eigenvalue weighted by Crippen LogP contribution is 2.28. The fourth-order valence-corrected chi connectivity index (χ4v) is 3.20. The van der Waals surface area contributed by atoms with Crippen LogP contribution in [0.5, 0.6) is 5.75 Å². The summed E-state index contributed by atoms with van der Waals surface area (Å²) in [5.74, 6) is 0.962. The molecule has 1 N–H and O–H groups in total. The van der Waals surface area contributed by atoms with Gasteiger partial charge in [-0.15, -0.1) is 0 Å². The Bertz CT molecular complexity index is 415. The Kier molecular flexibility index (Phi) is 5.97. The Morgan fingerprint density at radius 3 is 2.24 bits per heavy atom. The molecule has 0 aromatic heterocycles. The van der Waals surface area contributed by atoms with E-state index in [-0.39, 0.29) is 11.8 Å². The Morgan fingerprint density at radius 2 is 1.67 bits per heavy atom. The van der Waals surface area contributed by atoms with E-state index < -0.39 is 6.61 Å². The van der Waals surface area contributed by atoms with Crippen molar-refractivity contribution in [3.05, 3.63) is 29.8 Å². The van der Waals surface area contributed by atoms with E-state index in [9.17, 15) is 8.78 Å². The normalized spacial score (nSPS) is 19.5. The number of rotatable bonds is 6. The summed E-state index contributed by atoms with van der Waals surface area (Å²) in [4.78, 5) is 0. The van der Waals surface area contributed by atoms with Gasteiger partial charge in [0, 0.05) is 12.1 Å². The molecule has 1 fully saturated rings. The molecule has 0 amide bonds. The third-order valence-corrected chi connectivity index (χ3v) is 4.48. The van der Waals surface area contributed by atoms with Gasteiger partial charge in [0.05, 0.1) is 0 Å². The topological polar surface area (TPSA) is 21.3 Å². The van der Waals surface area contributed by atoms with Crippen molar-refractivity contribution in [3.8, 4) is 5.75 Å². The van der Waals surface area contributed by atoms with Crippen molar-refractivity contribution in [2.24, 2.45) is 5.92 Å². The quantitative estimate of drug-likeness (QED) is 0.805. The average Bonchev–Trinajstić information content (AvgIpc) is 2.48. The molecule has 1 aliphatic rings. The molecule has 1 aromatic rings. The van der Waals surface area contributed by atoms with Crippen LogP contribution in [0.1, 0.15) is 57.6 Å². The Labute approximate surface area is 125 Å². The zero-order valence-electron chi connectivity index (χ0n) is 12.8. The van der Waals surface area contributed by atoms with E-state index in [1.165, 1.54) is 32.1 Å². The van der Waals surface area contributed by atoms with Crippen molar-refractivity contribution in [1.82, 2.24) is 5.32 Å². The Hall–Kier alpha value is -1.16. The first-order valence-corrected chi connectivity index (χ1v) is 7.87. The molecule has 0 spiro atoms. The third-order valence-electron chi connectivity index (χ3n) is 4.48. The van der Waals surface area contributed by atoms with Gasteiger partial charge in [-0.25, -0.2) is 0 Å². The fourth-order valence-electron chi connectivity index (χ4n) is 3.20. The molecule has 0 saturated heterocycles. The molecular formula is C17H25F2NO. The predicted octanol–water partition coefficient (Wildman–Crippen LogP) is 4.91. The molecule has 4 heteroatoms. The van der Waals surface area contributed by atoms with E-state index in [1.807, 2.05) is 12.1 Å². The van der Waals surface area contributed by atoms with Gasteiger partial charge in [-0.05, 0) is 50.3 Å². The van der Waals surface area contributed by atoms with E-state index in [1.54, 1.807) is 12.1 Å². The number of ether oxygens (including phenoxy) is 1. The van der Waals surface area contributed by atoms with Gasteiger partial charge >= 0.3 is 6.61 Å². The second kappa shape index (κ2) is 7.74. The maximum atomic E-state index is 12.1. The number of nitrogens with one attached hydrogen (secondary N) is 1. The molecule has 2 unspecified atom stereocenters. The van der Waals surface area contributed by atoms with Crippen LogP contribution < -0.4 is 10.1 Å². The highest BCUT2D eigenvalue weighted by molar-refractivity contribution is 5.29. The zero-order chi connectivity index (χ0) is 15.2. The summed E-state index contributed by atoms with van der Waals surface area (Å²) in [7, 11) is 0. The van der Waals surface area contributed by atoms with Crippen molar-refractivity contribution in [2.75, 3.05) is 0 Å². The van der Waals surface area contributed by atoms with Crippen molar-refractivity contribution < 1.29 is 13.5 Å². The maximum Gasteiger partial charge on any atom is 0.387 e. The molecule has 21 heavy (non-hydrogen) atoms. The van der Waals surface area contributed by atoms with Gasteiger partial charge < -0.3 is 10.1 Å². The molecule has 2 atom stereocenters. The summed E-state index contributed by atoms with van der Waals surface area (Å²) in [5, 5.41) is 3.64. The second-order valence-corrected chi connectivity index (χ2v) is 6.02. The lowest BCUT2D eigenvalue weighted by atomic mass is 9.84. The van der Waals surface area contributed by atoms with Crippen molar-refractivity contribution >= 4 is 0 Å². The lowest BCUT2D eigenvalue weighted by Gasteiger charge is -2.30. The number of hydrogen-bond donors (Lipinski definition) is 1. The van der Waals surface area contributed by atoms with Gasteiger partial charge in [0.15, 0.2) is 0 Å². The summed E-state index contributed by atoms with van der Waals surface area (Å²) in [6.45, 7) is 1.60. The molecule has 0 aliphatic heterocycles. The molecule has 1 aliphatic carbocycles. The number of halogens is 2. The highest BCUT2D eigenvalue weighted by atomic mass is 19.3. The van der Waals surface area contributed by atoms with Crippen LogP contribution in [0.3, 0.4) is 0 Å². The van der Waals surface area contributed by atoms with E-state index in [0.29, 0.717) is 6.04 Å². The van der Waals surface area contributed by atoms with Crippen molar-refractivity contribution in [3.63, 3.8) is 0 Å². The van der Waals surface area contributed by atoms with Crippen LogP contribution >= 0.6 is 0 Å². The van der Waals surface area contributed by atoms with Gasteiger partial charge in [-0.1, -0.05) is 31.4 Å². The van der Waals surface area contributed by atoms with Crippen molar-refractivity contribution in [1.29, 1.82) is 0 Å². The molecule has 1 aromatic carbocycles. The van der Waals surface area contributed by atoms with Crippen LogP contribution in [0.25, 0.3) is 0 Å². The predicted molar refractivity (Wildman–Crippen MR) is 80.7 cm³/mol. The Morgan fingerprint density at radius 1 is 1.05 bits per heavy atom. The number of benzene rings is 1. The monoisotopic (exact) mass is 297 g/mol. The molecule has 0 radical (unpaired) electrons. The van der Waals surface area contributed by atoms with Crippen LogP contribution in [-0.4, -0.2) is 12.7 Å². The number of hydrogen-bond acceptors (Lipinski definition) is 2. The number of alkyl halides is 2. The molecule has 0 bridgehead atoms. The first kappa shape index (κ1) is 16.2. The lowest BCUT2D eigenvalue weighted by Crippen LogP contribution is -2.36. The molecule has 2 nitrogen and oxygen atoms in total. The smallest absolute Gasteiger partial charge is 0.387 e. The van der Waals surface area contributed by atoms with Crippen molar-refractivity contribution in [2.45, 2.75) is 64.6 Å². The summed E-state index contributed by atoms with van der Waals surface area (Å²) in [6, 6.07) is 7.60. The minimum atomic E-state index is -2.77. The summed E-state index contributed by atoms with van der Waals surface area (Å²) < 4.78 is 28.6. The minimum absolute atomic E-state index is 0.210. The van der Waals surface area contributed by atoms with Crippen LogP contribution in [0, 0.1) is 5.92 Å². The van der Waals surface area contributed by atoms with Crippen LogP contribution in [0.15, 0.2) is 24.3 Å². The first-order valence-electron chi connectivity index (χ1n) is 7.87. The van der Waals surface area contributed by atoms with E-state index in [4.69, 9.17) is 0 Å². The first-order chi connectivity index (χ1) is 10.1. The van der Waals surface area contributed by atoms with Gasteiger partial charge in [0.2, 0.25) is 0 Å². The summed E-state index contributed by atoms with van der Waals surface area (Å²) in [5.41, 5.74) is 1.10.